The van der Waals surface area contributed by atoms with Crippen LogP contribution in [0, 0.1) is 0 Å². The maximum Gasteiger partial charge on any atom is 0.281 e. The van der Waals surface area contributed by atoms with Crippen molar-refractivity contribution in [1.82, 2.24) is 18.5 Å². The van der Waals surface area contributed by atoms with Gasteiger partial charge in [0.15, 0.2) is 0 Å². The number of hydrogen-bond acceptors (Lipinski definition) is 3. The van der Waals surface area contributed by atoms with E-state index in [9.17, 15) is 13.2 Å². The number of carbonyl (C=O) groups is 1. The van der Waals surface area contributed by atoms with Crippen LogP contribution in [0.3, 0.4) is 0 Å². The molecule has 1 fully saturated rings. The minimum Gasteiger partial charge on any atom is -0.349 e. The van der Waals surface area contributed by atoms with Crippen molar-refractivity contribution >= 4 is 16.1 Å². The smallest absolute Gasteiger partial charge is 0.281 e. The summed E-state index contributed by atoms with van der Waals surface area (Å²) in [5.74, 6) is -0.127. The van der Waals surface area contributed by atoms with E-state index >= 15 is 0 Å². The summed E-state index contributed by atoms with van der Waals surface area (Å²) in [5, 5.41) is 3.01. The third kappa shape index (κ3) is 3.98. The van der Waals surface area contributed by atoms with Crippen LogP contribution in [-0.2, 0) is 10.2 Å². The van der Waals surface area contributed by atoms with Crippen LogP contribution in [0.5, 0.6) is 0 Å². The van der Waals surface area contributed by atoms with Gasteiger partial charge in [0, 0.05) is 56.9 Å². The Morgan fingerprint density at radius 1 is 1.08 bits per heavy atom. The highest BCUT2D eigenvalue weighted by molar-refractivity contribution is 7.86. The average molecular weight is 376 g/mol. The van der Waals surface area contributed by atoms with E-state index in [-0.39, 0.29) is 11.9 Å². The minimum absolute atomic E-state index is 0.0137. The number of benzene rings is 1. The van der Waals surface area contributed by atoms with Crippen LogP contribution in [-0.4, -0.2) is 60.7 Å². The summed E-state index contributed by atoms with van der Waals surface area (Å²) in [4.78, 5) is 12.4. The molecule has 3 rings (SSSR count). The highest BCUT2D eigenvalue weighted by atomic mass is 32.2. The zero-order valence-electron chi connectivity index (χ0n) is 15.0. The quantitative estimate of drug-likeness (QED) is 0.859. The molecule has 0 radical (unpaired) electrons. The van der Waals surface area contributed by atoms with E-state index in [0.717, 1.165) is 5.69 Å². The summed E-state index contributed by atoms with van der Waals surface area (Å²) in [6.07, 6.45) is 5.12. The molecule has 7 nitrogen and oxygen atoms in total. The Morgan fingerprint density at radius 3 is 2.19 bits per heavy atom. The van der Waals surface area contributed by atoms with Crippen molar-refractivity contribution in [3.63, 3.8) is 0 Å². The minimum atomic E-state index is -3.38. The standard InChI is InChI=1S/C18H24N4O3S/c1-20(2)26(24,25)22-13-9-16(10-14-22)19-18(23)15-5-7-17(8-6-15)21-11-3-4-12-21/h3-8,11-12,16H,9-10,13-14H2,1-2H3,(H,19,23). The normalized spacial score (nSPS) is 16.7. The van der Waals surface area contributed by atoms with Gasteiger partial charge < -0.3 is 9.88 Å². The number of piperidine rings is 1. The molecule has 1 saturated heterocycles. The Kier molecular flexibility index (Phi) is 5.45. The number of nitrogens with one attached hydrogen (secondary N) is 1. The molecule has 26 heavy (non-hydrogen) atoms. The van der Waals surface area contributed by atoms with Gasteiger partial charge in [0.1, 0.15) is 0 Å². The second-order valence-electron chi connectivity index (χ2n) is 6.57. The predicted molar refractivity (Wildman–Crippen MR) is 100 cm³/mol. The van der Waals surface area contributed by atoms with Crippen molar-refractivity contribution in [3.05, 3.63) is 54.4 Å². The van der Waals surface area contributed by atoms with Crippen LogP contribution in [0.2, 0.25) is 0 Å². The SMILES string of the molecule is CN(C)S(=O)(=O)N1CCC(NC(=O)c2ccc(-n3cccc3)cc2)CC1. The molecule has 1 amide bonds. The fraction of sp³-hybridized carbons (Fsp3) is 0.389. The number of nitrogens with zero attached hydrogens (tertiary/aromatic N) is 3. The molecular weight excluding hydrogens is 352 g/mol. The third-order valence-electron chi connectivity index (χ3n) is 4.61. The summed E-state index contributed by atoms with van der Waals surface area (Å²) in [7, 11) is -0.322. The molecule has 1 aromatic heterocycles. The van der Waals surface area contributed by atoms with Gasteiger partial charge in [0.25, 0.3) is 16.1 Å². The molecule has 2 heterocycles. The lowest BCUT2D eigenvalue weighted by atomic mass is 10.1. The van der Waals surface area contributed by atoms with Crippen LogP contribution >= 0.6 is 0 Å². The lowest BCUT2D eigenvalue weighted by Crippen LogP contribution is -2.49. The second kappa shape index (κ2) is 7.61. The van der Waals surface area contributed by atoms with Gasteiger partial charge in [-0.15, -0.1) is 0 Å². The highest BCUT2D eigenvalue weighted by Gasteiger charge is 2.30. The Bertz CT molecular complexity index is 837. The van der Waals surface area contributed by atoms with Crippen LogP contribution < -0.4 is 5.32 Å². The Morgan fingerprint density at radius 2 is 1.65 bits per heavy atom. The number of rotatable bonds is 5. The zero-order valence-corrected chi connectivity index (χ0v) is 15.8. The Balaban J connectivity index is 1.56. The molecule has 1 aromatic carbocycles. The Labute approximate surface area is 154 Å². The second-order valence-corrected chi connectivity index (χ2v) is 8.72. The summed E-state index contributed by atoms with van der Waals surface area (Å²) < 4.78 is 28.9. The van der Waals surface area contributed by atoms with Gasteiger partial charge in [0.2, 0.25) is 0 Å². The van der Waals surface area contributed by atoms with E-state index < -0.39 is 10.2 Å². The van der Waals surface area contributed by atoms with E-state index in [2.05, 4.69) is 5.32 Å². The lowest BCUT2D eigenvalue weighted by Gasteiger charge is -2.33. The highest BCUT2D eigenvalue weighted by Crippen LogP contribution is 2.16. The largest absolute Gasteiger partial charge is 0.349 e. The summed E-state index contributed by atoms with van der Waals surface area (Å²) in [5.41, 5.74) is 1.60. The number of amides is 1. The first-order chi connectivity index (χ1) is 12.4. The number of aromatic nitrogens is 1. The van der Waals surface area contributed by atoms with Gasteiger partial charge in [-0.3, -0.25) is 4.79 Å². The van der Waals surface area contributed by atoms with Crippen molar-refractivity contribution in [1.29, 1.82) is 0 Å². The van der Waals surface area contributed by atoms with E-state index in [1.54, 1.807) is 12.1 Å². The molecular formula is C18H24N4O3S. The molecule has 0 atom stereocenters. The summed E-state index contributed by atoms with van der Waals surface area (Å²) in [6.45, 7) is 0.829. The van der Waals surface area contributed by atoms with Gasteiger partial charge in [-0.1, -0.05) is 0 Å². The van der Waals surface area contributed by atoms with Crippen LogP contribution in [0.4, 0.5) is 0 Å². The monoisotopic (exact) mass is 376 g/mol. The third-order valence-corrected chi connectivity index (χ3v) is 6.55. The molecule has 0 spiro atoms. The molecule has 1 N–H and O–H groups in total. The molecule has 0 bridgehead atoms. The molecule has 0 aliphatic carbocycles. The van der Waals surface area contributed by atoms with Crippen molar-refractivity contribution in [3.8, 4) is 5.69 Å². The molecule has 140 valence electrons. The van der Waals surface area contributed by atoms with Gasteiger partial charge in [0.05, 0.1) is 0 Å². The van der Waals surface area contributed by atoms with Crippen molar-refractivity contribution in [2.45, 2.75) is 18.9 Å². The number of hydrogen-bond donors (Lipinski definition) is 1. The first-order valence-corrected chi connectivity index (χ1v) is 9.99. The van der Waals surface area contributed by atoms with E-state index in [1.807, 2.05) is 41.2 Å². The van der Waals surface area contributed by atoms with Gasteiger partial charge in [-0.05, 0) is 49.2 Å². The molecule has 1 aliphatic heterocycles. The van der Waals surface area contributed by atoms with Crippen molar-refractivity contribution in [2.24, 2.45) is 0 Å². The van der Waals surface area contributed by atoms with Gasteiger partial charge >= 0.3 is 0 Å². The van der Waals surface area contributed by atoms with Gasteiger partial charge in [-0.2, -0.15) is 17.0 Å². The van der Waals surface area contributed by atoms with E-state index in [0.29, 0.717) is 31.5 Å². The van der Waals surface area contributed by atoms with Crippen LogP contribution in [0.25, 0.3) is 5.69 Å². The van der Waals surface area contributed by atoms with Crippen LogP contribution in [0.15, 0.2) is 48.8 Å². The molecule has 2 aromatic rings. The first-order valence-electron chi connectivity index (χ1n) is 8.60. The van der Waals surface area contributed by atoms with E-state index in [1.165, 1.54) is 22.7 Å². The molecule has 1 aliphatic rings. The molecule has 0 saturated carbocycles. The van der Waals surface area contributed by atoms with Crippen molar-refractivity contribution < 1.29 is 13.2 Å². The fourth-order valence-electron chi connectivity index (χ4n) is 3.02. The first kappa shape index (κ1) is 18.6. The maximum atomic E-state index is 12.4. The number of carbonyl (C=O) groups excluding carboxylic acids is 1. The summed E-state index contributed by atoms with van der Waals surface area (Å²) >= 11 is 0. The van der Waals surface area contributed by atoms with Crippen molar-refractivity contribution in [2.75, 3.05) is 27.2 Å². The van der Waals surface area contributed by atoms with E-state index in [4.69, 9.17) is 0 Å². The maximum absolute atomic E-state index is 12.4. The summed E-state index contributed by atoms with van der Waals surface area (Å²) in [6, 6.07) is 11.3. The Hall–Kier alpha value is -2.16. The molecule has 0 unspecified atom stereocenters. The average Bonchev–Trinajstić information content (AvgIpc) is 3.17. The fourth-order valence-corrected chi connectivity index (χ4v) is 4.16. The molecule has 8 heteroatoms. The predicted octanol–water partition coefficient (Wildman–Crippen LogP) is 1.48. The topological polar surface area (TPSA) is 74.7 Å². The lowest BCUT2D eigenvalue weighted by molar-refractivity contribution is 0.0923. The zero-order chi connectivity index (χ0) is 18.7. The van der Waals surface area contributed by atoms with Crippen LogP contribution in [0.1, 0.15) is 23.2 Å². The van der Waals surface area contributed by atoms with Gasteiger partial charge in [-0.25, -0.2) is 0 Å².